The number of urea groups is 1. The number of aryl methyl sites for hydroxylation is 1. The van der Waals surface area contributed by atoms with Crippen molar-refractivity contribution in [3.8, 4) is 0 Å². The lowest BCUT2D eigenvalue weighted by molar-refractivity contribution is -0.150. The summed E-state index contributed by atoms with van der Waals surface area (Å²) in [6, 6.07) is 4.79. The smallest absolute Gasteiger partial charge is 0.333 e. The molecule has 0 bridgehead atoms. The maximum atomic E-state index is 13.1. The van der Waals surface area contributed by atoms with E-state index in [1.54, 1.807) is 31.1 Å². The Labute approximate surface area is 146 Å². The molecule has 8 nitrogen and oxygen atoms in total. The largest absolute Gasteiger partial charge is 0.349 e. The van der Waals surface area contributed by atoms with Crippen LogP contribution in [0.2, 0.25) is 0 Å². The SMILES string of the molecule is CCc1cccc2c1NC(N(C)C)=NC21C(=O)N(C)C(=O)N(C)C1=O. The standard InChI is InChI=1S/C17H21N5O3/c1-6-10-8-7-9-11-12(10)18-15(20(2)3)19-17(11)13(23)21(4)16(25)22(5)14(17)24/h7-9H,6H2,1-5H3,(H,18,19). The number of aliphatic imine (C=N–C) groups is 1. The lowest BCUT2D eigenvalue weighted by atomic mass is 9.82. The molecule has 0 radical (unpaired) electrons. The Hall–Kier alpha value is -2.90. The van der Waals surface area contributed by atoms with Crippen LogP contribution in [0.5, 0.6) is 0 Å². The fourth-order valence-corrected chi connectivity index (χ4v) is 3.22. The molecule has 25 heavy (non-hydrogen) atoms. The highest BCUT2D eigenvalue weighted by molar-refractivity contribution is 6.25. The highest BCUT2D eigenvalue weighted by Crippen LogP contribution is 2.42. The van der Waals surface area contributed by atoms with Gasteiger partial charge in [-0.05, 0) is 12.0 Å². The summed E-state index contributed by atoms with van der Waals surface area (Å²) >= 11 is 0. The number of nitrogens with one attached hydrogen (secondary N) is 1. The number of hydrogen-bond donors (Lipinski definition) is 1. The molecule has 1 spiro atoms. The average molecular weight is 343 g/mol. The van der Waals surface area contributed by atoms with Crippen molar-refractivity contribution >= 4 is 29.5 Å². The van der Waals surface area contributed by atoms with Gasteiger partial charge in [-0.25, -0.2) is 9.79 Å². The molecule has 1 saturated heterocycles. The van der Waals surface area contributed by atoms with Gasteiger partial charge in [0.15, 0.2) is 5.96 Å². The topological polar surface area (TPSA) is 85.3 Å². The molecule has 8 heteroatoms. The molecule has 0 saturated carbocycles. The number of likely N-dealkylation sites (N-methyl/N-ethyl adjacent to an activating group) is 2. The Kier molecular flexibility index (Phi) is 3.78. The zero-order valence-electron chi connectivity index (χ0n) is 15.0. The van der Waals surface area contributed by atoms with E-state index >= 15 is 0 Å². The summed E-state index contributed by atoms with van der Waals surface area (Å²) in [6.07, 6.45) is 0.722. The van der Waals surface area contributed by atoms with Gasteiger partial charge in [-0.1, -0.05) is 25.1 Å². The Bertz CT molecular complexity index is 791. The number of carbonyl (C=O) groups excluding carboxylic acids is 3. The Morgan fingerprint density at radius 1 is 1.12 bits per heavy atom. The number of imide groups is 2. The van der Waals surface area contributed by atoms with E-state index in [0.29, 0.717) is 17.2 Å². The fraction of sp³-hybridized carbons (Fsp3) is 0.412. The zero-order valence-corrected chi connectivity index (χ0v) is 15.0. The molecule has 0 aromatic heterocycles. The second-order valence-corrected chi connectivity index (χ2v) is 6.37. The van der Waals surface area contributed by atoms with Gasteiger partial charge in [-0.2, -0.15) is 0 Å². The van der Waals surface area contributed by atoms with E-state index in [9.17, 15) is 14.4 Å². The van der Waals surface area contributed by atoms with E-state index in [0.717, 1.165) is 21.8 Å². The van der Waals surface area contributed by atoms with E-state index in [4.69, 9.17) is 0 Å². The molecule has 1 aromatic rings. The summed E-state index contributed by atoms with van der Waals surface area (Å²) < 4.78 is 0. The molecule has 1 aromatic carbocycles. The lowest BCUT2D eigenvalue weighted by Crippen LogP contribution is -2.66. The van der Waals surface area contributed by atoms with Crippen LogP contribution in [0.15, 0.2) is 23.2 Å². The van der Waals surface area contributed by atoms with Crippen molar-refractivity contribution < 1.29 is 14.4 Å². The Morgan fingerprint density at radius 3 is 2.24 bits per heavy atom. The van der Waals surface area contributed by atoms with E-state index in [2.05, 4.69) is 10.3 Å². The van der Waals surface area contributed by atoms with Crippen LogP contribution >= 0.6 is 0 Å². The number of hydrogen-bond acceptors (Lipinski definition) is 6. The minimum Gasteiger partial charge on any atom is -0.349 e. The van der Waals surface area contributed by atoms with E-state index < -0.39 is 23.4 Å². The molecule has 0 unspecified atom stereocenters. The monoisotopic (exact) mass is 343 g/mol. The highest BCUT2D eigenvalue weighted by atomic mass is 16.2. The summed E-state index contributed by atoms with van der Waals surface area (Å²) in [6.45, 7) is 2.00. The van der Waals surface area contributed by atoms with Gasteiger partial charge in [0.05, 0.1) is 5.69 Å². The minimum atomic E-state index is -1.79. The molecular formula is C17H21N5O3. The number of anilines is 1. The maximum Gasteiger partial charge on any atom is 0.333 e. The highest BCUT2D eigenvalue weighted by Gasteiger charge is 2.59. The van der Waals surface area contributed by atoms with Gasteiger partial charge in [0, 0.05) is 33.8 Å². The van der Waals surface area contributed by atoms with Gasteiger partial charge in [-0.3, -0.25) is 19.4 Å². The first-order valence-electron chi connectivity index (χ1n) is 8.02. The van der Waals surface area contributed by atoms with E-state index in [-0.39, 0.29) is 0 Å². The fourth-order valence-electron chi connectivity index (χ4n) is 3.22. The number of fused-ring (bicyclic) bond motifs is 2. The van der Waals surface area contributed by atoms with Gasteiger partial charge in [-0.15, -0.1) is 0 Å². The quantitative estimate of drug-likeness (QED) is 0.764. The molecular weight excluding hydrogens is 322 g/mol. The second-order valence-electron chi connectivity index (χ2n) is 6.37. The van der Waals surface area contributed by atoms with Crippen LogP contribution in [0.3, 0.4) is 0 Å². The first-order chi connectivity index (χ1) is 11.8. The number of guanidine groups is 1. The van der Waals surface area contributed by atoms with Crippen molar-refractivity contribution in [1.82, 2.24) is 14.7 Å². The van der Waals surface area contributed by atoms with Crippen LogP contribution in [0, 0.1) is 0 Å². The predicted octanol–water partition coefficient (Wildman–Crippen LogP) is 0.838. The molecule has 1 N–H and O–H groups in total. The van der Waals surface area contributed by atoms with Crippen LogP contribution in [-0.2, 0) is 21.5 Å². The van der Waals surface area contributed by atoms with Gasteiger partial charge >= 0.3 is 6.03 Å². The normalized spacial score (nSPS) is 18.9. The molecule has 0 aliphatic carbocycles. The van der Waals surface area contributed by atoms with E-state index in [1.807, 2.05) is 13.0 Å². The Morgan fingerprint density at radius 2 is 1.72 bits per heavy atom. The molecule has 2 heterocycles. The van der Waals surface area contributed by atoms with Gasteiger partial charge < -0.3 is 10.2 Å². The summed E-state index contributed by atoms with van der Waals surface area (Å²) in [4.78, 5) is 46.5. The number of amides is 4. The third-order valence-corrected chi connectivity index (χ3v) is 4.66. The van der Waals surface area contributed by atoms with Gasteiger partial charge in [0.1, 0.15) is 0 Å². The molecule has 2 aliphatic rings. The predicted molar refractivity (Wildman–Crippen MR) is 93.2 cm³/mol. The summed E-state index contributed by atoms with van der Waals surface area (Å²) in [5, 5.41) is 3.22. The summed E-state index contributed by atoms with van der Waals surface area (Å²) in [5.74, 6) is -0.891. The molecule has 3 rings (SSSR count). The van der Waals surface area contributed by atoms with Crippen molar-refractivity contribution in [2.24, 2.45) is 4.99 Å². The molecule has 1 fully saturated rings. The van der Waals surface area contributed by atoms with Crippen molar-refractivity contribution in [3.63, 3.8) is 0 Å². The van der Waals surface area contributed by atoms with Crippen molar-refractivity contribution in [3.05, 3.63) is 29.3 Å². The van der Waals surface area contributed by atoms with Crippen LogP contribution in [0.1, 0.15) is 18.1 Å². The molecule has 132 valence electrons. The summed E-state index contributed by atoms with van der Waals surface area (Å²) in [5.41, 5.74) is 0.345. The second kappa shape index (κ2) is 5.58. The van der Waals surface area contributed by atoms with Crippen LogP contribution in [0.25, 0.3) is 0 Å². The summed E-state index contributed by atoms with van der Waals surface area (Å²) in [7, 11) is 6.28. The first kappa shape index (κ1) is 16.9. The number of nitrogens with zero attached hydrogens (tertiary/aromatic N) is 4. The zero-order chi connectivity index (χ0) is 18.5. The Balaban J connectivity index is 2.35. The number of carbonyl (C=O) groups is 3. The number of para-hydroxylation sites is 1. The number of benzene rings is 1. The van der Waals surface area contributed by atoms with Crippen molar-refractivity contribution in [2.75, 3.05) is 33.5 Å². The molecule has 0 atom stereocenters. The average Bonchev–Trinajstić information content (AvgIpc) is 2.62. The maximum absolute atomic E-state index is 13.1. The van der Waals surface area contributed by atoms with Crippen LogP contribution in [-0.4, -0.2) is 66.7 Å². The minimum absolute atomic E-state index is 0.395. The third kappa shape index (κ3) is 2.13. The van der Waals surface area contributed by atoms with E-state index in [1.165, 1.54) is 14.1 Å². The third-order valence-electron chi connectivity index (χ3n) is 4.66. The molecule has 2 aliphatic heterocycles. The lowest BCUT2D eigenvalue weighted by Gasteiger charge is -2.43. The first-order valence-corrected chi connectivity index (χ1v) is 8.02. The van der Waals surface area contributed by atoms with Crippen molar-refractivity contribution in [2.45, 2.75) is 18.9 Å². The van der Waals surface area contributed by atoms with Gasteiger partial charge in [0.2, 0.25) is 5.54 Å². The molecule has 4 amide bonds. The number of barbiturate groups is 1. The van der Waals surface area contributed by atoms with Crippen LogP contribution < -0.4 is 5.32 Å². The van der Waals surface area contributed by atoms with Crippen LogP contribution in [0.4, 0.5) is 10.5 Å². The van der Waals surface area contributed by atoms with Gasteiger partial charge in [0.25, 0.3) is 11.8 Å². The van der Waals surface area contributed by atoms with Crippen molar-refractivity contribution in [1.29, 1.82) is 0 Å². The number of rotatable bonds is 1.